The highest BCUT2D eigenvalue weighted by Gasteiger charge is 2.20. The Bertz CT molecular complexity index is 415. The molecule has 25 heavy (non-hydrogen) atoms. The molecule has 4 nitrogen and oxygen atoms in total. The molecule has 146 valence electrons. The Hall–Kier alpha value is -1.45. The number of rotatable bonds is 14. The zero-order valence-corrected chi connectivity index (χ0v) is 17.2. The van der Waals surface area contributed by atoms with Crippen molar-refractivity contribution in [2.45, 2.75) is 85.6 Å². The van der Waals surface area contributed by atoms with Crippen LogP contribution in [0.1, 0.15) is 79.6 Å². The van der Waals surface area contributed by atoms with Crippen LogP contribution in [0.25, 0.3) is 0 Å². The molecule has 0 bridgehead atoms. The maximum Gasteiger partial charge on any atom is 0.312 e. The minimum absolute atomic E-state index is 0.268. The average Bonchev–Trinajstić information content (AvgIpc) is 2.56. The number of nitrogens with one attached hydrogen (secondary N) is 2. The molecule has 0 aromatic heterocycles. The summed E-state index contributed by atoms with van der Waals surface area (Å²) >= 11 is 0. The molecule has 0 fully saturated rings. The molecule has 0 aliphatic rings. The number of carbonyl (C=O) groups is 1. The van der Waals surface area contributed by atoms with Crippen LogP contribution in [0.3, 0.4) is 0 Å². The first-order valence-electron chi connectivity index (χ1n) is 9.94. The highest BCUT2D eigenvalue weighted by atomic mass is 16.2. The molecule has 1 unspecified atom stereocenters. The van der Waals surface area contributed by atoms with Crippen molar-refractivity contribution in [2.75, 3.05) is 6.54 Å². The van der Waals surface area contributed by atoms with Crippen LogP contribution in [0.4, 0.5) is 4.79 Å². The monoisotopic (exact) mass is 351 g/mol. The highest BCUT2D eigenvalue weighted by molar-refractivity contribution is 5.71. The Morgan fingerprint density at radius 1 is 1.16 bits per heavy atom. The molecule has 0 rings (SSSR count). The van der Waals surface area contributed by atoms with Crippen LogP contribution in [0.15, 0.2) is 23.9 Å². The van der Waals surface area contributed by atoms with Crippen molar-refractivity contribution in [1.29, 1.82) is 0 Å². The third kappa shape index (κ3) is 10.9. The second-order valence-electron chi connectivity index (χ2n) is 7.39. The number of amides is 2. The number of urea groups is 1. The maximum atomic E-state index is 10.8. The van der Waals surface area contributed by atoms with Crippen molar-refractivity contribution < 1.29 is 4.79 Å². The first-order valence-corrected chi connectivity index (χ1v) is 9.94. The molecule has 4 N–H and O–H groups in total. The fraction of sp³-hybridized carbons (Fsp3) is 0.762. The second-order valence-corrected chi connectivity index (χ2v) is 7.39. The largest absolute Gasteiger partial charge is 0.382 e. The number of carbonyl (C=O) groups excluding carboxylic acids is 1. The van der Waals surface area contributed by atoms with E-state index in [1.165, 1.54) is 37.7 Å². The van der Waals surface area contributed by atoms with Crippen LogP contribution < -0.4 is 16.4 Å². The highest BCUT2D eigenvalue weighted by Crippen LogP contribution is 2.25. The van der Waals surface area contributed by atoms with Gasteiger partial charge in [-0.05, 0) is 39.0 Å². The number of hydrogen-bond acceptors (Lipinski definition) is 2. The summed E-state index contributed by atoms with van der Waals surface area (Å²) in [4.78, 5) is 10.8. The van der Waals surface area contributed by atoms with E-state index in [-0.39, 0.29) is 6.04 Å². The molecule has 0 aromatic carbocycles. The van der Waals surface area contributed by atoms with Crippen molar-refractivity contribution in [1.82, 2.24) is 10.6 Å². The van der Waals surface area contributed by atoms with E-state index in [1.54, 1.807) is 0 Å². The van der Waals surface area contributed by atoms with Crippen LogP contribution >= 0.6 is 0 Å². The molecular formula is C21H41N3O. The number of allylic oxidation sites excluding steroid dienone is 2. The van der Waals surface area contributed by atoms with Crippen LogP contribution in [0, 0.1) is 11.8 Å². The fourth-order valence-electron chi connectivity index (χ4n) is 3.16. The van der Waals surface area contributed by atoms with Gasteiger partial charge in [-0.1, -0.05) is 64.7 Å². The maximum absolute atomic E-state index is 10.8. The van der Waals surface area contributed by atoms with E-state index in [2.05, 4.69) is 57.9 Å². The van der Waals surface area contributed by atoms with E-state index >= 15 is 0 Å². The first-order chi connectivity index (χ1) is 11.8. The van der Waals surface area contributed by atoms with Gasteiger partial charge in [-0.15, -0.1) is 0 Å². The molecule has 0 spiro atoms. The second kappa shape index (κ2) is 13.8. The molecule has 0 heterocycles. The molecule has 2 atom stereocenters. The number of primary amides is 1. The molecule has 4 heteroatoms. The standard InChI is InChI=1S/C21H41N3O/c1-7-9-10-11-13-19(16(3)4)18(6)24-20(17(5)8-2)14-12-15-23-21(22)25/h8,16,19-20,24H,6-7,9-15H2,1-5H3,(H3,22,23,25)/b17-8+/t19?,20-/m0/s1. The van der Waals surface area contributed by atoms with Gasteiger partial charge in [0.2, 0.25) is 0 Å². The van der Waals surface area contributed by atoms with Gasteiger partial charge in [-0.3, -0.25) is 0 Å². The molecule has 0 saturated heterocycles. The van der Waals surface area contributed by atoms with Gasteiger partial charge in [-0.25, -0.2) is 4.79 Å². The summed E-state index contributed by atoms with van der Waals surface area (Å²) in [5.74, 6) is 1.09. The van der Waals surface area contributed by atoms with E-state index in [0.29, 0.717) is 18.4 Å². The van der Waals surface area contributed by atoms with E-state index in [9.17, 15) is 4.79 Å². The smallest absolute Gasteiger partial charge is 0.312 e. The summed E-state index contributed by atoms with van der Waals surface area (Å²) in [6, 6.07) is -0.187. The first kappa shape index (κ1) is 23.5. The van der Waals surface area contributed by atoms with Crippen LogP contribution in [0.2, 0.25) is 0 Å². The normalized spacial score (nSPS) is 14.2. The predicted octanol–water partition coefficient (Wildman–Crippen LogP) is 5.12. The minimum atomic E-state index is -0.455. The Labute approximate surface area is 155 Å². The van der Waals surface area contributed by atoms with Gasteiger partial charge in [0.25, 0.3) is 0 Å². The van der Waals surface area contributed by atoms with Gasteiger partial charge < -0.3 is 16.4 Å². The topological polar surface area (TPSA) is 67.2 Å². The van der Waals surface area contributed by atoms with E-state index in [1.807, 2.05) is 0 Å². The van der Waals surface area contributed by atoms with Crippen molar-refractivity contribution in [3.8, 4) is 0 Å². The summed E-state index contributed by atoms with van der Waals surface area (Å²) < 4.78 is 0. The lowest BCUT2D eigenvalue weighted by Gasteiger charge is -2.29. The predicted molar refractivity (Wildman–Crippen MR) is 109 cm³/mol. The number of unbranched alkanes of at least 4 members (excludes halogenated alkanes) is 3. The fourth-order valence-corrected chi connectivity index (χ4v) is 3.16. The van der Waals surface area contributed by atoms with E-state index in [4.69, 9.17) is 5.73 Å². The summed E-state index contributed by atoms with van der Waals surface area (Å²) in [6.07, 6.45) is 10.4. The quantitative estimate of drug-likeness (QED) is 0.300. The molecule has 0 radical (unpaired) electrons. The van der Waals surface area contributed by atoms with Gasteiger partial charge in [0.1, 0.15) is 0 Å². The molecule has 2 amide bonds. The molecule has 0 aromatic rings. The van der Waals surface area contributed by atoms with E-state index < -0.39 is 6.03 Å². The van der Waals surface area contributed by atoms with Gasteiger partial charge in [0, 0.05) is 24.2 Å². The van der Waals surface area contributed by atoms with Gasteiger partial charge in [-0.2, -0.15) is 0 Å². The third-order valence-electron chi connectivity index (χ3n) is 4.95. The van der Waals surface area contributed by atoms with Crippen molar-refractivity contribution in [3.63, 3.8) is 0 Å². The Morgan fingerprint density at radius 2 is 1.84 bits per heavy atom. The summed E-state index contributed by atoms with van der Waals surface area (Å²) in [6.45, 7) is 16.0. The molecule has 0 aliphatic heterocycles. The SMILES string of the molecule is C=C(N[C@@H](CCCNC(N)=O)/C(C)=C/C)C(CCCCCC)C(C)C. The van der Waals surface area contributed by atoms with Gasteiger partial charge in [0.15, 0.2) is 0 Å². The lowest BCUT2D eigenvalue weighted by atomic mass is 9.87. The zero-order chi connectivity index (χ0) is 19.2. The Kier molecular flexibility index (Phi) is 13.0. The van der Waals surface area contributed by atoms with Crippen molar-refractivity contribution >= 4 is 6.03 Å². The zero-order valence-electron chi connectivity index (χ0n) is 17.2. The lowest BCUT2D eigenvalue weighted by Crippen LogP contribution is -2.35. The lowest BCUT2D eigenvalue weighted by molar-refractivity contribution is 0.248. The summed E-state index contributed by atoms with van der Waals surface area (Å²) in [5, 5.41) is 6.33. The number of nitrogens with two attached hydrogens (primary N) is 1. The Balaban J connectivity index is 4.64. The van der Waals surface area contributed by atoms with Crippen LogP contribution in [-0.2, 0) is 0 Å². The molecule has 0 aliphatic carbocycles. The Morgan fingerprint density at radius 3 is 2.36 bits per heavy atom. The third-order valence-corrected chi connectivity index (χ3v) is 4.95. The van der Waals surface area contributed by atoms with Gasteiger partial charge >= 0.3 is 6.03 Å². The van der Waals surface area contributed by atoms with E-state index in [0.717, 1.165) is 18.5 Å². The van der Waals surface area contributed by atoms with Crippen molar-refractivity contribution in [3.05, 3.63) is 23.9 Å². The average molecular weight is 352 g/mol. The minimum Gasteiger partial charge on any atom is -0.382 e. The van der Waals surface area contributed by atoms with Crippen LogP contribution in [-0.4, -0.2) is 18.6 Å². The number of hydrogen-bond donors (Lipinski definition) is 3. The van der Waals surface area contributed by atoms with Crippen LogP contribution in [0.5, 0.6) is 0 Å². The summed E-state index contributed by atoms with van der Waals surface area (Å²) in [5.41, 5.74) is 7.59. The molecular weight excluding hydrogens is 310 g/mol. The van der Waals surface area contributed by atoms with Gasteiger partial charge in [0.05, 0.1) is 0 Å². The van der Waals surface area contributed by atoms with Crippen molar-refractivity contribution in [2.24, 2.45) is 17.6 Å². The molecule has 0 saturated carbocycles. The summed E-state index contributed by atoms with van der Waals surface area (Å²) in [7, 11) is 0.